The minimum atomic E-state index is 0.213. The van der Waals surface area contributed by atoms with Gasteiger partial charge in [0.05, 0.1) is 11.7 Å². The number of aromatic nitrogens is 2. The van der Waals surface area contributed by atoms with Crippen molar-refractivity contribution in [2.24, 2.45) is 0 Å². The van der Waals surface area contributed by atoms with Gasteiger partial charge in [0.15, 0.2) is 0 Å². The molecule has 0 radical (unpaired) electrons. The molecule has 1 heterocycles. The van der Waals surface area contributed by atoms with Gasteiger partial charge in [-0.2, -0.15) is 5.10 Å². The SMILES string of the molecule is CCCn1nccc1C(NCC)c1c(C)cc(C)cc1C. The smallest absolute Gasteiger partial charge is 0.0753 e. The number of hydrogen-bond donors (Lipinski definition) is 1. The van der Waals surface area contributed by atoms with Crippen LogP contribution in [0.4, 0.5) is 0 Å². The third kappa shape index (κ3) is 3.35. The molecule has 3 heteroatoms. The zero-order chi connectivity index (χ0) is 15.4. The number of benzene rings is 1. The summed E-state index contributed by atoms with van der Waals surface area (Å²) in [6.07, 6.45) is 3.01. The summed E-state index contributed by atoms with van der Waals surface area (Å²) in [6, 6.07) is 6.90. The van der Waals surface area contributed by atoms with Crippen molar-refractivity contribution >= 4 is 0 Å². The molecule has 0 fully saturated rings. The average molecular weight is 285 g/mol. The minimum Gasteiger partial charge on any atom is -0.305 e. The predicted octanol–water partition coefficient (Wildman–Crippen LogP) is 3.92. The van der Waals surface area contributed by atoms with Crippen molar-refractivity contribution in [2.75, 3.05) is 6.54 Å². The molecule has 0 aliphatic carbocycles. The maximum atomic E-state index is 4.49. The standard InChI is InChI=1S/C18H27N3/c1-6-10-21-16(8-9-20-21)18(19-7-2)17-14(4)11-13(3)12-15(17)5/h8-9,11-12,18-19H,6-7,10H2,1-5H3. The van der Waals surface area contributed by atoms with E-state index >= 15 is 0 Å². The molecule has 0 aliphatic heterocycles. The molecule has 0 amide bonds. The first kappa shape index (κ1) is 15.8. The van der Waals surface area contributed by atoms with Gasteiger partial charge in [-0.15, -0.1) is 0 Å². The Morgan fingerprint density at radius 2 is 1.81 bits per heavy atom. The zero-order valence-corrected chi connectivity index (χ0v) is 13.9. The molecule has 0 saturated heterocycles. The van der Waals surface area contributed by atoms with Crippen molar-refractivity contribution in [3.05, 3.63) is 52.3 Å². The lowest BCUT2D eigenvalue weighted by atomic mass is 9.92. The van der Waals surface area contributed by atoms with Gasteiger partial charge in [0.25, 0.3) is 0 Å². The Kier molecular flexibility index (Phi) is 5.18. The van der Waals surface area contributed by atoms with Crippen LogP contribution in [0.5, 0.6) is 0 Å². The fourth-order valence-electron chi connectivity index (χ4n) is 3.19. The highest BCUT2D eigenvalue weighted by Crippen LogP contribution is 2.29. The maximum Gasteiger partial charge on any atom is 0.0753 e. The molecule has 2 rings (SSSR count). The van der Waals surface area contributed by atoms with Crippen LogP contribution in [-0.2, 0) is 6.54 Å². The summed E-state index contributed by atoms with van der Waals surface area (Å²) in [5.74, 6) is 0. The van der Waals surface area contributed by atoms with Crippen LogP contribution < -0.4 is 5.32 Å². The van der Waals surface area contributed by atoms with Gasteiger partial charge in [-0.1, -0.05) is 31.5 Å². The summed E-state index contributed by atoms with van der Waals surface area (Å²) in [7, 11) is 0. The van der Waals surface area contributed by atoms with Gasteiger partial charge in [0.1, 0.15) is 0 Å². The van der Waals surface area contributed by atoms with Crippen molar-refractivity contribution in [1.29, 1.82) is 0 Å². The number of nitrogens with zero attached hydrogens (tertiary/aromatic N) is 2. The van der Waals surface area contributed by atoms with E-state index in [2.05, 4.69) is 67.9 Å². The lowest BCUT2D eigenvalue weighted by Gasteiger charge is -2.24. The quantitative estimate of drug-likeness (QED) is 0.872. The molecule has 1 N–H and O–H groups in total. The van der Waals surface area contributed by atoms with Crippen LogP contribution in [0.3, 0.4) is 0 Å². The van der Waals surface area contributed by atoms with Crippen molar-refractivity contribution < 1.29 is 0 Å². The van der Waals surface area contributed by atoms with Gasteiger partial charge < -0.3 is 5.32 Å². The highest BCUT2D eigenvalue weighted by Gasteiger charge is 2.21. The first-order chi connectivity index (χ1) is 10.1. The fourth-order valence-corrected chi connectivity index (χ4v) is 3.19. The summed E-state index contributed by atoms with van der Waals surface area (Å²) in [6.45, 7) is 12.8. The summed E-state index contributed by atoms with van der Waals surface area (Å²) in [5.41, 5.74) is 6.67. The van der Waals surface area contributed by atoms with E-state index in [1.807, 2.05) is 6.20 Å². The second-order valence-electron chi connectivity index (χ2n) is 5.78. The molecule has 0 bridgehead atoms. The largest absolute Gasteiger partial charge is 0.305 e. The number of rotatable bonds is 6. The van der Waals surface area contributed by atoms with E-state index in [9.17, 15) is 0 Å². The predicted molar refractivity (Wildman–Crippen MR) is 88.7 cm³/mol. The van der Waals surface area contributed by atoms with Crippen LogP contribution >= 0.6 is 0 Å². The number of hydrogen-bond acceptors (Lipinski definition) is 2. The Morgan fingerprint density at radius 3 is 2.38 bits per heavy atom. The molecule has 21 heavy (non-hydrogen) atoms. The second kappa shape index (κ2) is 6.90. The Balaban J connectivity index is 2.51. The summed E-state index contributed by atoms with van der Waals surface area (Å²) in [5, 5.41) is 8.13. The van der Waals surface area contributed by atoms with E-state index in [0.29, 0.717) is 0 Å². The molecule has 0 spiro atoms. The molecule has 3 nitrogen and oxygen atoms in total. The molecule has 1 unspecified atom stereocenters. The van der Waals surface area contributed by atoms with Gasteiger partial charge in [0.2, 0.25) is 0 Å². The monoisotopic (exact) mass is 285 g/mol. The van der Waals surface area contributed by atoms with Gasteiger partial charge in [0, 0.05) is 12.7 Å². The van der Waals surface area contributed by atoms with E-state index in [-0.39, 0.29) is 6.04 Å². The Hall–Kier alpha value is -1.61. The first-order valence-electron chi connectivity index (χ1n) is 7.91. The van der Waals surface area contributed by atoms with Crippen molar-refractivity contribution in [3.63, 3.8) is 0 Å². The van der Waals surface area contributed by atoms with E-state index in [1.54, 1.807) is 0 Å². The van der Waals surface area contributed by atoms with Crippen LogP contribution in [0.25, 0.3) is 0 Å². The molecule has 0 saturated carbocycles. The molecular formula is C18H27N3. The van der Waals surface area contributed by atoms with Crippen LogP contribution in [0, 0.1) is 20.8 Å². The minimum absolute atomic E-state index is 0.213. The maximum absolute atomic E-state index is 4.49. The van der Waals surface area contributed by atoms with Gasteiger partial charge >= 0.3 is 0 Å². The Morgan fingerprint density at radius 1 is 1.14 bits per heavy atom. The summed E-state index contributed by atoms with van der Waals surface area (Å²) < 4.78 is 2.13. The van der Waals surface area contributed by atoms with E-state index < -0.39 is 0 Å². The lowest BCUT2D eigenvalue weighted by Crippen LogP contribution is -2.26. The van der Waals surface area contributed by atoms with Gasteiger partial charge in [-0.05, 0) is 56.5 Å². The summed E-state index contributed by atoms with van der Waals surface area (Å²) in [4.78, 5) is 0. The number of nitrogens with one attached hydrogen (secondary N) is 1. The van der Waals surface area contributed by atoms with Crippen LogP contribution in [0.1, 0.15) is 54.3 Å². The fraction of sp³-hybridized carbons (Fsp3) is 0.500. The second-order valence-corrected chi connectivity index (χ2v) is 5.78. The Bertz CT molecular complexity index is 575. The molecule has 1 aromatic heterocycles. The van der Waals surface area contributed by atoms with Crippen molar-refractivity contribution in [2.45, 2.75) is 53.6 Å². The lowest BCUT2D eigenvalue weighted by molar-refractivity contribution is 0.518. The van der Waals surface area contributed by atoms with Crippen LogP contribution in [-0.4, -0.2) is 16.3 Å². The van der Waals surface area contributed by atoms with Crippen LogP contribution in [0.2, 0.25) is 0 Å². The number of aryl methyl sites for hydroxylation is 4. The van der Waals surface area contributed by atoms with E-state index in [1.165, 1.54) is 27.9 Å². The topological polar surface area (TPSA) is 29.9 Å². The van der Waals surface area contributed by atoms with Gasteiger partial charge in [-0.3, -0.25) is 4.68 Å². The average Bonchev–Trinajstić information content (AvgIpc) is 2.85. The molecule has 2 aromatic rings. The first-order valence-corrected chi connectivity index (χ1v) is 7.91. The highest BCUT2D eigenvalue weighted by atomic mass is 15.3. The third-order valence-electron chi connectivity index (χ3n) is 3.92. The van der Waals surface area contributed by atoms with Crippen LogP contribution in [0.15, 0.2) is 24.4 Å². The van der Waals surface area contributed by atoms with E-state index in [4.69, 9.17) is 0 Å². The van der Waals surface area contributed by atoms with Crippen molar-refractivity contribution in [1.82, 2.24) is 15.1 Å². The highest BCUT2D eigenvalue weighted by molar-refractivity contribution is 5.43. The van der Waals surface area contributed by atoms with Crippen molar-refractivity contribution in [3.8, 4) is 0 Å². The van der Waals surface area contributed by atoms with E-state index in [0.717, 1.165) is 19.5 Å². The van der Waals surface area contributed by atoms with Gasteiger partial charge in [-0.25, -0.2) is 0 Å². The molecular weight excluding hydrogens is 258 g/mol. The summed E-state index contributed by atoms with van der Waals surface area (Å²) >= 11 is 0. The zero-order valence-electron chi connectivity index (χ0n) is 13.9. The normalized spacial score (nSPS) is 12.6. The Labute approximate surface area is 128 Å². The molecule has 0 aliphatic rings. The molecule has 1 aromatic carbocycles. The molecule has 114 valence electrons. The third-order valence-corrected chi connectivity index (χ3v) is 3.92. The molecule has 1 atom stereocenters.